The Labute approximate surface area is 87.2 Å². The largest absolute Gasteiger partial charge is 0.394 e. The standard InChI is InChI=1S/C6H9N3O4S2/c1-14(10,11)5-4(7)6(9-3-8-5)15(2,12)13/h3H,7H2,1-2H3. The van der Waals surface area contributed by atoms with Gasteiger partial charge < -0.3 is 5.73 Å². The molecule has 1 aromatic rings. The van der Waals surface area contributed by atoms with E-state index in [4.69, 9.17) is 5.73 Å². The van der Waals surface area contributed by atoms with Crippen LogP contribution in [0.5, 0.6) is 0 Å². The summed E-state index contributed by atoms with van der Waals surface area (Å²) < 4.78 is 44.7. The Morgan fingerprint density at radius 2 is 1.33 bits per heavy atom. The molecule has 15 heavy (non-hydrogen) atoms. The minimum atomic E-state index is -3.66. The molecule has 0 amide bonds. The fourth-order valence-electron chi connectivity index (χ4n) is 0.955. The van der Waals surface area contributed by atoms with Crippen molar-refractivity contribution in [3.8, 4) is 0 Å². The molecule has 7 nitrogen and oxygen atoms in total. The summed E-state index contributed by atoms with van der Waals surface area (Å²) in [6.07, 6.45) is 2.62. The lowest BCUT2D eigenvalue weighted by Crippen LogP contribution is -2.12. The van der Waals surface area contributed by atoms with Crippen LogP contribution in [-0.4, -0.2) is 39.3 Å². The molecule has 0 fully saturated rings. The van der Waals surface area contributed by atoms with E-state index in [1.807, 2.05) is 0 Å². The first-order valence-electron chi connectivity index (χ1n) is 3.64. The molecule has 1 rings (SSSR count). The molecule has 2 N–H and O–H groups in total. The summed E-state index contributed by atoms with van der Waals surface area (Å²) in [7, 11) is -7.31. The average Bonchev–Trinajstić information content (AvgIpc) is 1.99. The van der Waals surface area contributed by atoms with Crippen LogP contribution in [-0.2, 0) is 19.7 Å². The molecular formula is C6H9N3O4S2. The maximum Gasteiger partial charge on any atom is 0.195 e. The van der Waals surface area contributed by atoms with Gasteiger partial charge in [0.1, 0.15) is 12.0 Å². The first kappa shape index (κ1) is 11.9. The maximum absolute atomic E-state index is 11.2. The molecule has 0 aliphatic rings. The van der Waals surface area contributed by atoms with Crippen molar-refractivity contribution >= 4 is 25.4 Å². The van der Waals surface area contributed by atoms with Crippen molar-refractivity contribution in [3.63, 3.8) is 0 Å². The third-order valence-corrected chi connectivity index (χ3v) is 3.57. The second kappa shape index (κ2) is 3.42. The van der Waals surface area contributed by atoms with Crippen LogP contribution in [0, 0.1) is 0 Å². The number of sulfone groups is 2. The van der Waals surface area contributed by atoms with Crippen molar-refractivity contribution in [2.45, 2.75) is 10.1 Å². The molecule has 0 aliphatic heterocycles. The molecule has 0 saturated carbocycles. The summed E-state index contributed by atoms with van der Waals surface area (Å²) in [4.78, 5) is 6.87. The zero-order chi connectivity index (χ0) is 11.9. The van der Waals surface area contributed by atoms with Gasteiger partial charge >= 0.3 is 0 Å². The van der Waals surface area contributed by atoms with E-state index in [-0.39, 0.29) is 0 Å². The highest BCUT2D eigenvalue weighted by Gasteiger charge is 2.22. The number of rotatable bonds is 2. The zero-order valence-corrected chi connectivity index (χ0v) is 9.63. The van der Waals surface area contributed by atoms with Gasteiger partial charge in [0.15, 0.2) is 29.7 Å². The Kier molecular flexibility index (Phi) is 2.70. The number of nitrogen functional groups attached to an aromatic ring is 1. The van der Waals surface area contributed by atoms with Gasteiger partial charge in [0.05, 0.1) is 0 Å². The minimum Gasteiger partial charge on any atom is -0.394 e. The zero-order valence-electron chi connectivity index (χ0n) is 8.00. The summed E-state index contributed by atoms with van der Waals surface area (Å²) in [5.41, 5.74) is 4.93. The molecule has 0 bridgehead atoms. The van der Waals surface area contributed by atoms with E-state index in [9.17, 15) is 16.8 Å². The van der Waals surface area contributed by atoms with Gasteiger partial charge in [-0.3, -0.25) is 0 Å². The van der Waals surface area contributed by atoms with Crippen molar-refractivity contribution in [1.29, 1.82) is 0 Å². The van der Waals surface area contributed by atoms with Gasteiger partial charge in [-0.25, -0.2) is 26.8 Å². The smallest absolute Gasteiger partial charge is 0.195 e. The van der Waals surface area contributed by atoms with Gasteiger partial charge in [0.25, 0.3) is 0 Å². The predicted octanol–water partition coefficient (Wildman–Crippen LogP) is -1.13. The molecule has 0 radical (unpaired) electrons. The lowest BCUT2D eigenvalue weighted by Gasteiger charge is -2.05. The van der Waals surface area contributed by atoms with Crippen LogP contribution in [0.1, 0.15) is 0 Å². The Balaban J connectivity index is 3.65. The van der Waals surface area contributed by atoms with Crippen LogP contribution >= 0.6 is 0 Å². The molecule has 0 aliphatic carbocycles. The number of nitrogens with two attached hydrogens (primary N) is 1. The number of nitrogens with zero attached hydrogens (tertiary/aromatic N) is 2. The van der Waals surface area contributed by atoms with E-state index in [1.165, 1.54) is 0 Å². The lowest BCUT2D eigenvalue weighted by molar-refractivity contribution is 0.594. The third-order valence-electron chi connectivity index (χ3n) is 1.51. The molecule has 84 valence electrons. The lowest BCUT2D eigenvalue weighted by atomic mass is 10.6. The second-order valence-electron chi connectivity index (χ2n) is 2.94. The van der Waals surface area contributed by atoms with Crippen LogP contribution in [0.15, 0.2) is 16.4 Å². The Bertz CT molecular complexity index is 541. The molecule has 0 atom stereocenters. The van der Waals surface area contributed by atoms with Crippen molar-refractivity contribution in [2.24, 2.45) is 0 Å². The second-order valence-corrected chi connectivity index (χ2v) is 6.80. The molecule has 0 saturated heterocycles. The monoisotopic (exact) mass is 251 g/mol. The van der Waals surface area contributed by atoms with Gasteiger partial charge in [-0.1, -0.05) is 0 Å². The highest BCUT2D eigenvalue weighted by molar-refractivity contribution is 7.91. The van der Waals surface area contributed by atoms with Crippen molar-refractivity contribution in [2.75, 3.05) is 18.2 Å². The van der Waals surface area contributed by atoms with Gasteiger partial charge in [-0.15, -0.1) is 0 Å². The van der Waals surface area contributed by atoms with Crippen LogP contribution < -0.4 is 5.73 Å². The molecular weight excluding hydrogens is 242 g/mol. The van der Waals surface area contributed by atoms with Crippen molar-refractivity contribution < 1.29 is 16.8 Å². The van der Waals surface area contributed by atoms with Gasteiger partial charge in [-0.2, -0.15) is 0 Å². The van der Waals surface area contributed by atoms with Crippen molar-refractivity contribution in [3.05, 3.63) is 6.33 Å². The van der Waals surface area contributed by atoms with E-state index >= 15 is 0 Å². The Morgan fingerprint density at radius 1 is 1.00 bits per heavy atom. The summed E-state index contributed by atoms with van der Waals surface area (Å²) in [5.74, 6) is 0. The van der Waals surface area contributed by atoms with Gasteiger partial charge in [-0.05, 0) is 0 Å². The minimum absolute atomic E-state index is 0.442. The quantitative estimate of drug-likeness (QED) is 0.660. The van der Waals surface area contributed by atoms with E-state index in [1.54, 1.807) is 0 Å². The normalized spacial score (nSPS) is 12.7. The molecule has 1 heterocycles. The van der Waals surface area contributed by atoms with Gasteiger partial charge in [0, 0.05) is 12.5 Å². The topological polar surface area (TPSA) is 120 Å². The van der Waals surface area contributed by atoms with Gasteiger partial charge in [0.2, 0.25) is 0 Å². The summed E-state index contributed by atoms with van der Waals surface area (Å²) in [5, 5.41) is -0.948. The number of hydrogen-bond donors (Lipinski definition) is 1. The van der Waals surface area contributed by atoms with Crippen LogP contribution in [0.3, 0.4) is 0 Å². The van der Waals surface area contributed by atoms with E-state index < -0.39 is 35.4 Å². The van der Waals surface area contributed by atoms with E-state index in [2.05, 4.69) is 9.97 Å². The number of aromatic nitrogens is 2. The van der Waals surface area contributed by atoms with Crippen LogP contribution in [0.2, 0.25) is 0 Å². The van der Waals surface area contributed by atoms with Crippen LogP contribution in [0.4, 0.5) is 5.69 Å². The Morgan fingerprint density at radius 3 is 1.60 bits per heavy atom. The fraction of sp³-hybridized carbons (Fsp3) is 0.333. The Hall–Kier alpha value is -1.22. The molecule has 9 heteroatoms. The van der Waals surface area contributed by atoms with E-state index in [0.717, 1.165) is 18.8 Å². The first-order chi connectivity index (χ1) is 6.64. The third kappa shape index (κ3) is 2.42. The summed E-state index contributed by atoms with van der Waals surface area (Å²) >= 11 is 0. The summed E-state index contributed by atoms with van der Waals surface area (Å²) in [6, 6.07) is 0. The average molecular weight is 251 g/mol. The van der Waals surface area contributed by atoms with Crippen molar-refractivity contribution in [1.82, 2.24) is 9.97 Å². The SMILES string of the molecule is CS(=O)(=O)c1ncnc(S(C)(=O)=O)c1N. The number of anilines is 1. The van der Waals surface area contributed by atoms with Crippen LogP contribution in [0.25, 0.3) is 0 Å². The van der Waals surface area contributed by atoms with E-state index in [0.29, 0.717) is 0 Å². The fourth-order valence-corrected chi connectivity index (χ4v) is 2.49. The molecule has 0 spiro atoms. The first-order valence-corrected chi connectivity index (χ1v) is 7.43. The number of hydrogen-bond acceptors (Lipinski definition) is 7. The molecule has 0 aromatic carbocycles. The highest BCUT2D eigenvalue weighted by atomic mass is 32.2. The summed E-state index contributed by atoms with van der Waals surface area (Å²) in [6.45, 7) is 0. The molecule has 1 aromatic heterocycles. The maximum atomic E-state index is 11.2. The highest BCUT2D eigenvalue weighted by Crippen LogP contribution is 2.21. The predicted molar refractivity (Wildman–Crippen MR) is 52.7 cm³/mol. The molecule has 0 unspecified atom stereocenters.